The number of nitrogens with two attached hydrogens (primary N) is 1. The highest BCUT2D eigenvalue weighted by Crippen LogP contribution is 2.19. The van der Waals surface area contributed by atoms with Crippen molar-refractivity contribution in [1.82, 2.24) is 4.90 Å². The Morgan fingerprint density at radius 3 is 2.88 bits per heavy atom. The number of amides is 1. The summed E-state index contributed by atoms with van der Waals surface area (Å²) in [6, 6.07) is 9.30. The van der Waals surface area contributed by atoms with Gasteiger partial charge in [0.05, 0.1) is 0 Å². The summed E-state index contributed by atoms with van der Waals surface area (Å²) in [5.74, 6) is 0.221. The van der Waals surface area contributed by atoms with Crippen molar-refractivity contribution in [2.75, 3.05) is 20.1 Å². The zero-order valence-electron chi connectivity index (χ0n) is 9.14. The highest BCUT2D eigenvalue weighted by atomic mass is 16.3. The lowest BCUT2D eigenvalue weighted by molar-refractivity contribution is 0.0770. The second-order valence-corrected chi connectivity index (χ2v) is 3.66. The molecule has 0 fully saturated rings. The molecule has 0 radical (unpaired) electrons. The fourth-order valence-corrected chi connectivity index (χ4v) is 1.57. The summed E-state index contributed by atoms with van der Waals surface area (Å²) in [6.45, 7) is 0.971. The maximum atomic E-state index is 11.9. The molecule has 0 unspecified atom stereocenters. The average Bonchev–Trinajstić information content (AvgIpc) is 2.71. The molecule has 84 valence electrons. The first-order valence-electron chi connectivity index (χ1n) is 5.16. The Bertz CT molecular complexity index is 471. The molecule has 2 rings (SSSR count). The monoisotopic (exact) mass is 218 g/mol. The number of fused-ring (bicyclic) bond motifs is 1. The van der Waals surface area contributed by atoms with Gasteiger partial charge in [0.2, 0.25) is 0 Å². The third-order valence-corrected chi connectivity index (χ3v) is 2.45. The van der Waals surface area contributed by atoms with E-state index in [0.29, 0.717) is 18.8 Å². The van der Waals surface area contributed by atoms with Crippen molar-refractivity contribution in [3.8, 4) is 0 Å². The van der Waals surface area contributed by atoms with E-state index in [4.69, 9.17) is 10.2 Å². The van der Waals surface area contributed by atoms with Gasteiger partial charge >= 0.3 is 0 Å². The number of carbonyl (C=O) groups is 1. The quantitative estimate of drug-likeness (QED) is 0.848. The molecule has 16 heavy (non-hydrogen) atoms. The lowest BCUT2D eigenvalue weighted by Gasteiger charge is -2.13. The largest absolute Gasteiger partial charge is 0.451 e. The Labute approximate surface area is 93.6 Å². The number of nitrogens with zero attached hydrogens (tertiary/aromatic N) is 1. The Kier molecular flexibility index (Phi) is 2.92. The lowest BCUT2D eigenvalue weighted by Crippen LogP contribution is -2.31. The molecule has 0 bridgehead atoms. The van der Waals surface area contributed by atoms with Crippen molar-refractivity contribution in [3.05, 3.63) is 36.1 Å². The zero-order valence-corrected chi connectivity index (χ0v) is 9.14. The van der Waals surface area contributed by atoms with Crippen LogP contribution in [-0.2, 0) is 0 Å². The molecule has 0 aliphatic carbocycles. The standard InChI is InChI=1S/C12H14N2O2/c1-14(7-6-13)12(15)11-8-9-4-2-3-5-10(9)16-11/h2-5,8H,6-7,13H2,1H3. The van der Waals surface area contributed by atoms with E-state index < -0.39 is 0 Å². The van der Waals surface area contributed by atoms with Gasteiger partial charge in [-0.15, -0.1) is 0 Å². The molecule has 4 heteroatoms. The fourth-order valence-electron chi connectivity index (χ4n) is 1.57. The first-order chi connectivity index (χ1) is 7.72. The number of likely N-dealkylation sites (N-methyl/N-ethyl adjacent to an activating group) is 1. The molecule has 0 saturated carbocycles. The van der Waals surface area contributed by atoms with Crippen LogP contribution in [0.1, 0.15) is 10.6 Å². The van der Waals surface area contributed by atoms with E-state index in [1.54, 1.807) is 18.0 Å². The first kappa shape index (κ1) is 10.7. The van der Waals surface area contributed by atoms with E-state index in [0.717, 1.165) is 11.0 Å². The van der Waals surface area contributed by atoms with Crippen LogP contribution in [0.4, 0.5) is 0 Å². The molecule has 0 spiro atoms. The second-order valence-electron chi connectivity index (χ2n) is 3.66. The number of benzene rings is 1. The molecule has 2 N–H and O–H groups in total. The molecule has 0 saturated heterocycles. The molecule has 1 amide bonds. The summed E-state index contributed by atoms with van der Waals surface area (Å²) in [7, 11) is 1.71. The summed E-state index contributed by atoms with van der Waals surface area (Å²) >= 11 is 0. The van der Waals surface area contributed by atoms with Crippen molar-refractivity contribution in [2.45, 2.75) is 0 Å². The van der Waals surface area contributed by atoms with E-state index in [2.05, 4.69) is 0 Å². The molecule has 0 aliphatic heterocycles. The molecule has 0 aliphatic rings. The van der Waals surface area contributed by atoms with Crippen LogP contribution in [-0.4, -0.2) is 30.9 Å². The molecule has 0 atom stereocenters. The van der Waals surface area contributed by atoms with E-state index >= 15 is 0 Å². The van der Waals surface area contributed by atoms with Gasteiger partial charge in [-0.25, -0.2) is 0 Å². The van der Waals surface area contributed by atoms with Gasteiger partial charge in [-0.3, -0.25) is 4.79 Å². The zero-order chi connectivity index (χ0) is 11.5. The lowest BCUT2D eigenvalue weighted by atomic mass is 10.2. The SMILES string of the molecule is CN(CCN)C(=O)c1cc2ccccc2o1. The molecular formula is C12H14N2O2. The van der Waals surface area contributed by atoms with E-state index in [9.17, 15) is 4.79 Å². The predicted molar refractivity (Wildman–Crippen MR) is 62.2 cm³/mol. The van der Waals surface area contributed by atoms with Gasteiger partial charge in [-0.2, -0.15) is 0 Å². The molecular weight excluding hydrogens is 204 g/mol. The van der Waals surface area contributed by atoms with E-state index in [1.165, 1.54) is 0 Å². The van der Waals surface area contributed by atoms with Crippen molar-refractivity contribution < 1.29 is 9.21 Å². The topological polar surface area (TPSA) is 59.5 Å². The molecule has 1 heterocycles. The molecule has 2 aromatic rings. The van der Waals surface area contributed by atoms with Crippen molar-refractivity contribution >= 4 is 16.9 Å². The van der Waals surface area contributed by atoms with Crippen molar-refractivity contribution in [2.24, 2.45) is 5.73 Å². The Hall–Kier alpha value is -1.81. The van der Waals surface area contributed by atoms with Gasteiger partial charge in [0.25, 0.3) is 5.91 Å². The second kappa shape index (κ2) is 4.37. The smallest absolute Gasteiger partial charge is 0.289 e. The maximum absolute atomic E-state index is 11.9. The first-order valence-corrected chi connectivity index (χ1v) is 5.16. The van der Waals surface area contributed by atoms with Gasteiger partial charge < -0.3 is 15.1 Å². The molecule has 4 nitrogen and oxygen atoms in total. The van der Waals surface area contributed by atoms with Gasteiger partial charge in [-0.1, -0.05) is 18.2 Å². The summed E-state index contributed by atoms with van der Waals surface area (Å²) < 4.78 is 5.47. The van der Waals surface area contributed by atoms with Gasteiger partial charge in [0.15, 0.2) is 5.76 Å². The Morgan fingerprint density at radius 2 is 2.19 bits per heavy atom. The van der Waals surface area contributed by atoms with Crippen LogP contribution in [0.3, 0.4) is 0 Å². The van der Waals surface area contributed by atoms with Crippen LogP contribution in [0.25, 0.3) is 11.0 Å². The van der Waals surface area contributed by atoms with Gasteiger partial charge in [0, 0.05) is 25.5 Å². The van der Waals surface area contributed by atoms with Crippen LogP contribution in [0.2, 0.25) is 0 Å². The number of rotatable bonds is 3. The highest BCUT2D eigenvalue weighted by Gasteiger charge is 2.15. The summed E-state index contributed by atoms with van der Waals surface area (Å²) in [5, 5.41) is 0.937. The van der Waals surface area contributed by atoms with Crippen molar-refractivity contribution in [1.29, 1.82) is 0 Å². The van der Waals surface area contributed by atoms with Gasteiger partial charge in [-0.05, 0) is 12.1 Å². The summed E-state index contributed by atoms with van der Waals surface area (Å²) in [6.07, 6.45) is 0. The average molecular weight is 218 g/mol. The molecule has 1 aromatic heterocycles. The number of hydrogen-bond donors (Lipinski definition) is 1. The number of carbonyl (C=O) groups excluding carboxylic acids is 1. The minimum Gasteiger partial charge on any atom is -0.451 e. The highest BCUT2D eigenvalue weighted by molar-refractivity contribution is 5.95. The summed E-state index contributed by atoms with van der Waals surface area (Å²) in [5.41, 5.74) is 6.12. The maximum Gasteiger partial charge on any atom is 0.289 e. The number of para-hydroxylation sites is 1. The Morgan fingerprint density at radius 1 is 1.44 bits per heavy atom. The fraction of sp³-hybridized carbons (Fsp3) is 0.250. The Balaban J connectivity index is 2.29. The van der Waals surface area contributed by atoms with Crippen LogP contribution >= 0.6 is 0 Å². The van der Waals surface area contributed by atoms with Crippen LogP contribution < -0.4 is 5.73 Å². The summed E-state index contributed by atoms with van der Waals surface area (Å²) in [4.78, 5) is 13.4. The van der Waals surface area contributed by atoms with Crippen LogP contribution in [0.15, 0.2) is 34.7 Å². The third kappa shape index (κ3) is 1.92. The minimum atomic E-state index is -0.137. The van der Waals surface area contributed by atoms with E-state index in [1.807, 2.05) is 24.3 Å². The minimum absolute atomic E-state index is 0.137. The normalized spacial score (nSPS) is 10.6. The van der Waals surface area contributed by atoms with E-state index in [-0.39, 0.29) is 5.91 Å². The van der Waals surface area contributed by atoms with Crippen LogP contribution in [0, 0.1) is 0 Å². The van der Waals surface area contributed by atoms with Crippen molar-refractivity contribution in [3.63, 3.8) is 0 Å². The van der Waals surface area contributed by atoms with Gasteiger partial charge in [0.1, 0.15) is 5.58 Å². The predicted octanol–water partition coefficient (Wildman–Crippen LogP) is 1.46. The molecule has 1 aromatic carbocycles. The third-order valence-electron chi connectivity index (χ3n) is 2.45. The number of hydrogen-bond acceptors (Lipinski definition) is 3. The van der Waals surface area contributed by atoms with Crippen LogP contribution in [0.5, 0.6) is 0 Å². The number of furan rings is 1.